The Labute approximate surface area is 172 Å². The lowest BCUT2D eigenvalue weighted by Crippen LogP contribution is -2.53. The summed E-state index contributed by atoms with van der Waals surface area (Å²) in [6, 6.07) is 6.02. The van der Waals surface area contributed by atoms with E-state index < -0.39 is 16.1 Å². The van der Waals surface area contributed by atoms with Gasteiger partial charge >= 0.3 is 0 Å². The molecule has 3 rings (SSSR count). The topological polar surface area (TPSA) is 113 Å². The average Bonchev–Trinajstić information content (AvgIpc) is 2.69. The van der Waals surface area contributed by atoms with Crippen molar-refractivity contribution < 1.29 is 23.1 Å². The largest absolute Gasteiger partial charge is 0.497 e. The molecule has 10 heteroatoms. The SMILES string of the molecule is COc1ccc(S(=O)(=O)N2CCN(C(=O)[C@H]3CC[C@H](N)[C@@H](O)C3)CC2)cc1.Cl. The third-order valence-corrected chi connectivity index (χ3v) is 7.38. The van der Waals surface area contributed by atoms with Gasteiger partial charge < -0.3 is 20.5 Å². The van der Waals surface area contributed by atoms with Crippen LogP contribution in [0.15, 0.2) is 29.2 Å². The van der Waals surface area contributed by atoms with Crippen molar-refractivity contribution in [1.29, 1.82) is 0 Å². The number of aliphatic hydroxyl groups is 1. The molecule has 1 heterocycles. The highest BCUT2D eigenvalue weighted by atomic mass is 35.5. The second kappa shape index (κ2) is 9.41. The molecule has 1 amide bonds. The Bertz CT molecular complexity index is 766. The minimum atomic E-state index is -3.59. The first kappa shape index (κ1) is 22.9. The first-order valence-electron chi connectivity index (χ1n) is 9.19. The first-order valence-corrected chi connectivity index (χ1v) is 10.6. The molecule has 0 aromatic heterocycles. The number of benzene rings is 1. The molecule has 3 atom stereocenters. The molecule has 1 aliphatic heterocycles. The summed E-state index contributed by atoms with van der Waals surface area (Å²) in [6.07, 6.45) is 1.03. The van der Waals surface area contributed by atoms with Crippen LogP contribution in [0.2, 0.25) is 0 Å². The molecule has 0 spiro atoms. The number of piperazine rings is 1. The van der Waals surface area contributed by atoms with Gasteiger partial charge in [0.1, 0.15) is 5.75 Å². The number of sulfonamides is 1. The molecule has 0 radical (unpaired) electrons. The standard InChI is InChI=1S/C18H27N3O5S.ClH/c1-26-14-3-5-15(6-4-14)27(24,25)21-10-8-20(9-11-21)18(23)13-2-7-16(19)17(22)12-13;/h3-6,13,16-17,22H,2,7-12,19H2,1H3;1H/t13-,16-,17-;/m0./s1. The van der Waals surface area contributed by atoms with Gasteiger partial charge in [-0.15, -0.1) is 12.4 Å². The van der Waals surface area contributed by atoms with Crippen LogP contribution in [0, 0.1) is 5.92 Å². The first-order chi connectivity index (χ1) is 12.8. The maximum Gasteiger partial charge on any atom is 0.243 e. The summed E-state index contributed by atoms with van der Waals surface area (Å²) in [6.45, 7) is 1.23. The monoisotopic (exact) mass is 433 g/mol. The summed E-state index contributed by atoms with van der Waals surface area (Å²) < 4.78 is 32.0. The Hall–Kier alpha value is -1.39. The van der Waals surface area contributed by atoms with Gasteiger partial charge in [0, 0.05) is 38.1 Å². The summed E-state index contributed by atoms with van der Waals surface area (Å²) in [5.74, 6) is 0.353. The Morgan fingerprint density at radius 1 is 1.14 bits per heavy atom. The van der Waals surface area contributed by atoms with E-state index in [1.54, 1.807) is 17.0 Å². The van der Waals surface area contributed by atoms with Gasteiger partial charge in [-0.2, -0.15) is 4.31 Å². The van der Waals surface area contributed by atoms with E-state index in [0.717, 1.165) is 0 Å². The molecule has 8 nitrogen and oxygen atoms in total. The molecule has 158 valence electrons. The molecular formula is C18H28ClN3O5S. The number of rotatable bonds is 4. The lowest BCUT2D eigenvalue weighted by atomic mass is 9.83. The second-order valence-electron chi connectivity index (χ2n) is 7.15. The van der Waals surface area contributed by atoms with E-state index >= 15 is 0 Å². The van der Waals surface area contributed by atoms with E-state index in [2.05, 4.69) is 0 Å². The van der Waals surface area contributed by atoms with Gasteiger partial charge in [0.15, 0.2) is 0 Å². The molecular weight excluding hydrogens is 406 g/mol. The molecule has 1 aromatic rings. The van der Waals surface area contributed by atoms with Crippen LogP contribution in [0.4, 0.5) is 0 Å². The van der Waals surface area contributed by atoms with Crippen LogP contribution in [0.3, 0.4) is 0 Å². The average molecular weight is 434 g/mol. The lowest BCUT2D eigenvalue weighted by Gasteiger charge is -2.38. The summed E-state index contributed by atoms with van der Waals surface area (Å²) >= 11 is 0. The van der Waals surface area contributed by atoms with Crippen LogP contribution < -0.4 is 10.5 Å². The van der Waals surface area contributed by atoms with Gasteiger partial charge in [0.25, 0.3) is 0 Å². The van der Waals surface area contributed by atoms with Crippen molar-refractivity contribution in [1.82, 2.24) is 9.21 Å². The number of carbonyl (C=O) groups excluding carboxylic acids is 1. The molecule has 1 saturated heterocycles. The summed E-state index contributed by atoms with van der Waals surface area (Å²) in [5, 5.41) is 9.92. The Morgan fingerprint density at radius 2 is 1.75 bits per heavy atom. The van der Waals surface area contributed by atoms with Crippen molar-refractivity contribution in [3.8, 4) is 5.75 Å². The molecule has 1 saturated carbocycles. The van der Waals surface area contributed by atoms with E-state index in [4.69, 9.17) is 10.5 Å². The van der Waals surface area contributed by atoms with E-state index in [0.29, 0.717) is 38.1 Å². The molecule has 1 aliphatic carbocycles. The number of carbonyl (C=O) groups is 1. The zero-order valence-corrected chi connectivity index (χ0v) is 17.5. The number of aliphatic hydroxyl groups excluding tert-OH is 1. The van der Waals surface area contributed by atoms with Crippen LogP contribution in [-0.2, 0) is 14.8 Å². The van der Waals surface area contributed by atoms with Crippen LogP contribution in [0.25, 0.3) is 0 Å². The van der Waals surface area contributed by atoms with E-state index in [-0.39, 0.29) is 48.3 Å². The van der Waals surface area contributed by atoms with Crippen molar-refractivity contribution in [3.63, 3.8) is 0 Å². The number of nitrogens with zero attached hydrogens (tertiary/aromatic N) is 2. The zero-order chi connectivity index (χ0) is 19.6. The van der Waals surface area contributed by atoms with Crippen LogP contribution >= 0.6 is 12.4 Å². The van der Waals surface area contributed by atoms with Crippen molar-refractivity contribution >= 4 is 28.3 Å². The predicted octanol–water partition coefficient (Wildman–Crippen LogP) is 0.438. The van der Waals surface area contributed by atoms with Crippen molar-refractivity contribution in [2.24, 2.45) is 11.7 Å². The number of amides is 1. The van der Waals surface area contributed by atoms with Crippen molar-refractivity contribution in [2.75, 3.05) is 33.3 Å². The van der Waals surface area contributed by atoms with E-state index in [9.17, 15) is 18.3 Å². The van der Waals surface area contributed by atoms with Gasteiger partial charge in [-0.25, -0.2) is 8.42 Å². The van der Waals surface area contributed by atoms with Crippen LogP contribution in [0.5, 0.6) is 5.75 Å². The number of ether oxygens (including phenoxy) is 1. The number of hydrogen-bond acceptors (Lipinski definition) is 6. The van der Waals surface area contributed by atoms with Crippen molar-refractivity contribution in [3.05, 3.63) is 24.3 Å². The number of nitrogens with two attached hydrogens (primary N) is 1. The van der Waals surface area contributed by atoms with Crippen LogP contribution in [-0.4, -0.2) is 74.1 Å². The maximum absolute atomic E-state index is 12.8. The molecule has 1 aromatic carbocycles. The molecule has 2 aliphatic rings. The highest BCUT2D eigenvalue weighted by Gasteiger charge is 2.36. The van der Waals surface area contributed by atoms with Gasteiger partial charge in [-0.1, -0.05) is 0 Å². The van der Waals surface area contributed by atoms with Crippen LogP contribution in [0.1, 0.15) is 19.3 Å². The number of hydrogen-bond donors (Lipinski definition) is 2. The fraction of sp³-hybridized carbons (Fsp3) is 0.611. The van der Waals surface area contributed by atoms with Gasteiger partial charge in [-0.3, -0.25) is 4.79 Å². The molecule has 28 heavy (non-hydrogen) atoms. The van der Waals surface area contributed by atoms with E-state index in [1.807, 2.05) is 0 Å². The quantitative estimate of drug-likeness (QED) is 0.712. The maximum atomic E-state index is 12.8. The summed E-state index contributed by atoms with van der Waals surface area (Å²) in [5.41, 5.74) is 5.80. The Balaban J connectivity index is 0.00000280. The summed E-state index contributed by atoms with van der Waals surface area (Å²) in [4.78, 5) is 14.6. The highest BCUT2D eigenvalue weighted by Crippen LogP contribution is 2.27. The van der Waals surface area contributed by atoms with E-state index in [1.165, 1.54) is 23.5 Å². The minimum absolute atomic E-state index is 0. The Kier molecular flexibility index (Phi) is 7.69. The molecule has 0 unspecified atom stereocenters. The molecule has 3 N–H and O–H groups in total. The third kappa shape index (κ3) is 4.77. The smallest absolute Gasteiger partial charge is 0.243 e. The zero-order valence-electron chi connectivity index (χ0n) is 15.9. The Morgan fingerprint density at radius 3 is 2.29 bits per heavy atom. The van der Waals surface area contributed by atoms with Crippen molar-refractivity contribution in [2.45, 2.75) is 36.3 Å². The third-order valence-electron chi connectivity index (χ3n) is 5.47. The van der Waals surface area contributed by atoms with Gasteiger partial charge in [0.2, 0.25) is 15.9 Å². The lowest BCUT2D eigenvalue weighted by molar-refractivity contribution is -0.139. The molecule has 0 bridgehead atoms. The van der Waals surface area contributed by atoms with Gasteiger partial charge in [-0.05, 0) is 43.5 Å². The summed E-state index contributed by atoms with van der Waals surface area (Å²) in [7, 11) is -2.07. The highest BCUT2D eigenvalue weighted by molar-refractivity contribution is 7.89. The molecule has 2 fully saturated rings. The normalized spacial score (nSPS) is 26.4. The fourth-order valence-corrected chi connectivity index (χ4v) is 5.12. The predicted molar refractivity (Wildman–Crippen MR) is 107 cm³/mol. The fourth-order valence-electron chi connectivity index (χ4n) is 3.70. The second-order valence-corrected chi connectivity index (χ2v) is 9.08. The number of methoxy groups -OCH3 is 1. The number of halogens is 1. The minimum Gasteiger partial charge on any atom is -0.497 e. The van der Waals surface area contributed by atoms with Gasteiger partial charge in [0.05, 0.1) is 18.1 Å².